The summed E-state index contributed by atoms with van der Waals surface area (Å²) >= 11 is 6.32. The number of piperidine rings is 3. The first kappa shape index (κ1) is 36.1. The Morgan fingerprint density at radius 2 is 1.65 bits per heavy atom. The number of aromatic nitrogens is 2. The van der Waals surface area contributed by atoms with Gasteiger partial charge in [0.15, 0.2) is 0 Å². The zero-order valence-electron chi connectivity index (χ0n) is 30.3. The number of hydrogen-bond donors (Lipinski definition) is 2. The zero-order valence-corrected chi connectivity index (χ0v) is 31.1. The van der Waals surface area contributed by atoms with Gasteiger partial charge in [-0.25, -0.2) is 4.68 Å². The van der Waals surface area contributed by atoms with Crippen molar-refractivity contribution in [2.75, 3.05) is 69.6 Å². The number of amides is 3. The number of anilines is 2. The number of benzene rings is 2. The van der Waals surface area contributed by atoms with Crippen LogP contribution in [0.25, 0.3) is 0 Å². The van der Waals surface area contributed by atoms with Crippen LogP contribution in [-0.4, -0.2) is 114 Å². The first-order valence-corrected chi connectivity index (χ1v) is 18.9. The van der Waals surface area contributed by atoms with Gasteiger partial charge in [0.25, 0.3) is 11.5 Å². The number of nitrogens with zero attached hydrogens (tertiary/aromatic N) is 6. The second-order valence-electron chi connectivity index (χ2n) is 15.0. The number of likely N-dealkylation sites (tertiary alicyclic amines) is 1. The van der Waals surface area contributed by atoms with Crippen molar-refractivity contribution in [2.24, 2.45) is 7.05 Å². The molecule has 276 valence electrons. The highest BCUT2D eigenvalue weighted by Gasteiger charge is 2.32. The lowest BCUT2D eigenvalue weighted by Crippen LogP contribution is -2.54. The van der Waals surface area contributed by atoms with Crippen molar-refractivity contribution in [1.29, 1.82) is 0 Å². The van der Waals surface area contributed by atoms with Crippen molar-refractivity contribution in [3.63, 3.8) is 0 Å². The van der Waals surface area contributed by atoms with Crippen LogP contribution in [0, 0.1) is 6.92 Å². The number of aryl methyl sites for hydroxylation is 2. The molecule has 1 aromatic heterocycles. The smallest absolute Gasteiger partial charge is 0.287 e. The normalized spacial score (nSPS) is 23.8. The highest BCUT2D eigenvalue weighted by molar-refractivity contribution is 6.32. The number of halogens is 1. The van der Waals surface area contributed by atoms with E-state index in [2.05, 4.69) is 74.7 Å². The van der Waals surface area contributed by atoms with Crippen LogP contribution >= 0.6 is 11.6 Å². The van der Waals surface area contributed by atoms with Gasteiger partial charge >= 0.3 is 0 Å². The van der Waals surface area contributed by atoms with Crippen molar-refractivity contribution < 1.29 is 14.4 Å². The summed E-state index contributed by atoms with van der Waals surface area (Å²) in [5.41, 5.74) is 5.44. The van der Waals surface area contributed by atoms with E-state index in [-0.39, 0.29) is 46.2 Å². The fourth-order valence-corrected chi connectivity index (χ4v) is 8.82. The van der Waals surface area contributed by atoms with E-state index < -0.39 is 0 Å². The maximum atomic E-state index is 13.5. The third kappa shape index (κ3) is 7.74. The molecule has 0 saturated carbocycles. The summed E-state index contributed by atoms with van der Waals surface area (Å²) in [6.45, 7) is 8.94. The molecular weight excluding hydrogens is 680 g/mol. The average molecular weight is 729 g/mol. The molecule has 0 spiro atoms. The minimum Gasteiger partial charge on any atom is -0.378 e. The molecule has 0 radical (unpaired) electrons. The first-order valence-electron chi connectivity index (χ1n) is 18.5. The van der Waals surface area contributed by atoms with Crippen LogP contribution in [0.5, 0.6) is 0 Å². The number of nitrogens with one attached hydrogen (secondary N) is 2. The predicted octanol–water partition coefficient (Wildman–Crippen LogP) is 3.59. The molecule has 1 unspecified atom stereocenters. The summed E-state index contributed by atoms with van der Waals surface area (Å²) in [4.78, 5) is 59.1. The number of carbonyl (C=O) groups excluding carboxylic acids is 3. The largest absolute Gasteiger partial charge is 0.378 e. The Morgan fingerprint density at radius 1 is 0.923 bits per heavy atom. The van der Waals surface area contributed by atoms with Crippen LogP contribution in [0.15, 0.2) is 53.5 Å². The fourth-order valence-electron chi connectivity index (χ4n) is 8.59. The van der Waals surface area contributed by atoms with E-state index in [1.165, 1.54) is 15.9 Å². The van der Waals surface area contributed by atoms with E-state index in [0.29, 0.717) is 24.6 Å². The molecular formula is C39H49ClN8O4. The van der Waals surface area contributed by atoms with Crippen molar-refractivity contribution in [2.45, 2.75) is 62.9 Å². The molecule has 4 aliphatic heterocycles. The molecule has 2 N–H and O–H groups in total. The summed E-state index contributed by atoms with van der Waals surface area (Å²) in [5.74, 6) is -0.277. The SMILES string of the molecule is Cc1cc(N2CCC(N3CCN(C(=O)c4ccc([C@H]5C[C@@H](Nc6cnn(C)c(=O)c6Cl)CN(C)C5)cc4)CC3)CC2)ccc1C1CCC(=O)NC1=O. The van der Waals surface area contributed by atoms with Gasteiger partial charge in [-0.15, -0.1) is 0 Å². The maximum Gasteiger partial charge on any atom is 0.287 e. The second kappa shape index (κ2) is 15.4. The second-order valence-corrected chi connectivity index (χ2v) is 15.4. The third-order valence-electron chi connectivity index (χ3n) is 11.5. The first-order chi connectivity index (χ1) is 25.0. The zero-order chi connectivity index (χ0) is 36.5. The molecule has 0 aliphatic carbocycles. The Bertz CT molecular complexity index is 1870. The van der Waals surface area contributed by atoms with Crippen LogP contribution in [0.2, 0.25) is 5.02 Å². The molecule has 2 aromatic carbocycles. The number of carbonyl (C=O) groups is 3. The summed E-state index contributed by atoms with van der Waals surface area (Å²) in [7, 11) is 3.68. The van der Waals surface area contributed by atoms with Gasteiger partial charge in [0, 0.05) is 89.2 Å². The Kier molecular flexibility index (Phi) is 10.7. The average Bonchev–Trinajstić information content (AvgIpc) is 3.15. The quantitative estimate of drug-likeness (QED) is 0.352. The lowest BCUT2D eigenvalue weighted by molar-refractivity contribution is -0.134. The van der Waals surface area contributed by atoms with Crippen LogP contribution in [-0.2, 0) is 16.6 Å². The highest BCUT2D eigenvalue weighted by Crippen LogP contribution is 2.32. The van der Waals surface area contributed by atoms with Crippen LogP contribution in [0.4, 0.5) is 11.4 Å². The van der Waals surface area contributed by atoms with E-state index in [0.717, 1.165) is 88.3 Å². The fraction of sp³-hybridized carbons (Fsp3) is 0.513. The molecule has 13 heteroatoms. The molecule has 0 bridgehead atoms. The van der Waals surface area contributed by atoms with E-state index in [9.17, 15) is 19.2 Å². The number of hydrogen-bond acceptors (Lipinski definition) is 9. The Balaban J connectivity index is 0.884. The van der Waals surface area contributed by atoms with Gasteiger partial charge in [-0.2, -0.15) is 5.10 Å². The van der Waals surface area contributed by atoms with Crippen molar-refractivity contribution in [1.82, 2.24) is 29.8 Å². The van der Waals surface area contributed by atoms with Crippen LogP contribution in [0.3, 0.4) is 0 Å². The van der Waals surface area contributed by atoms with Gasteiger partial charge in [-0.05, 0) is 86.5 Å². The summed E-state index contributed by atoms with van der Waals surface area (Å²) < 4.78 is 1.23. The molecule has 5 heterocycles. The number of imide groups is 1. The Hall–Kier alpha value is -4.26. The van der Waals surface area contributed by atoms with Gasteiger partial charge in [0.05, 0.1) is 17.8 Å². The minimum atomic E-state index is -0.320. The van der Waals surface area contributed by atoms with Gasteiger partial charge in [-0.3, -0.25) is 29.4 Å². The minimum absolute atomic E-state index is 0.0882. The molecule has 4 fully saturated rings. The number of likely N-dealkylation sites (N-methyl/N-ethyl adjacent to an activating group) is 1. The topological polar surface area (TPSA) is 123 Å². The van der Waals surface area contributed by atoms with Crippen LogP contribution < -0.4 is 21.1 Å². The van der Waals surface area contributed by atoms with E-state index in [1.54, 1.807) is 13.2 Å². The maximum absolute atomic E-state index is 13.5. The lowest BCUT2D eigenvalue weighted by atomic mass is 9.87. The van der Waals surface area contributed by atoms with Crippen molar-refractivity contribution in [3.05, 3.63) is 86.3 Å². The molecule has 3 aromatic rings. The van der Waals surface area contributed by atoms with Crippen LogP contribution in [0.1, 0.15) is 71.0 Å². The van der Waals surface area contributed by atoms with Gasteiger partial charge < -0.3 is 20.0 Å². The summed E-state index contributed by atoms with van der Waals surface area (Å²) in [6, 6.07) is 15.1. The highest BCUT2D eigenvalue weighted by atomic mass is 35.5. The number of piperazine rings is 1. The van der Waals surface area contributed by atoms with Gasteiger partial charge in [0.1, 0.15) is 5.02 Å². The Labute approximate surface area is 310 Å². The molecule has 52 heavy (non-hydrogen) atoms. The Morgan fingerprint density at radius 3 is 2.35 bits per heavy atom. The van der Waals surface area contributed by atoms with Crippen molar-refractivity contribution >= 4 is 40.7 Å². The van der Waals surface area contributed by atoms with E-state index in [4.69, 9.17) is 11.6 Å². The lowest BCUT2D eigenvalue weighted by Gasteiger charge is -2.43. The van der Waals surface area contributed by atoms with Gasteiger partial charge in [0.2, 0.25) is 11.8 Å². The number of rotatable bonds is 7. The van der Waals surface area contributed by atoms with E-state index >= 15 is 0 Å². The standard InChI is InChI=1S/C39H49ClN8O4/c1-25-20-31(8-9-32(25)33-10-11-35(49)43-37(33)50)46-14-12-30(13-15-46)47-16-18-48(19-17-47)38(51)27-6-4-26(5-7-27)28-21-29(24-44(2)23-28)42-34-22-41-45(3)39(52)36(34)40/h4-9,20,22,28-30,33,42H,10-19,21,23-24H2,1-3H3,(H,43,49,50)/t28-,29+,33?/m0/s1. The summed E-state index contributed by atoms with van der Waals surface area (Å²) in [6.07, 6.45) is 5.58. The molecule has 3 atom stereocenters. The molecule has 3 amide bonds. The van der Waals surface area contributed by atoms with E-state index in [1.807, 2.05) is 17.0 Å². The van der Waals surface area contributed by atoms with Crippen molar-refractivity contribution in [3.8, 4) is 0 Å². The molecule has 12 nitrogen and oxygen atoms in total. The monoisotopic (exact) mass is 728 g/mol. The van der Waals surface area contributed by atoms with Gasteiger partial charge in [-0.1, -0.05) is 29.8 Å². The molecule has 4 saturated heterocycles. The molecule has 7 rings (SSSR count). The summed E-state index contributed by atoms with van der Waals surface area (Å²) in [5, 5.41) is 10.2. The third-order valence-corrected chi connectivity index (χ3v) is 11.9. The molecule has 4 aliphatic rings. The predicted molar refractivity (Wildman–Crippen MR) is 202 cm³/mol.